The molecular formula is C27H36N2O3. The Balaban J connectivity index is 1.59. The van der Waals surface area contributed by atoms with Gasteiger partial charge in [0.1, 0.15) is 11.8 Å². The fraction of sp³-hybridized carbons (Fsp3) is 0.481. The van der Waals surface area contributed by atoms with Gasteiger partial charge in [0.2, 0.25) is 11.8 Å². The molecule has 2 aromatic carbocycles. The topological polar surface area (TPSA) is 58.6 Å². The maximum Gasteiger partial charge on any atom is 0.242 e. The molecule has 0 saturated heterocycles. The highest BCUT2D eigenvalue weighted by Crippen LogP contribution is 2.19. The van der Waals surface area contributed by atoms with Gasteiger partial charge in [0.05, 0.1) is 6.61 Å². The smallest absolute Gasteiger partial charge is 0.242 e. The first-order valence-electron chi connectivity index (χ1n) is 11.8. The second-order valence-electron chi connectivity index (χ2n) is 8.94. The standard InChI is InChI=1S/C27H36N2O3/c1-20-10-14-23(15-11-20)19-29(22(3)27(31)28-24-7-4-5-8-24)26(30)9-6-18-32-25-16-12-21(2)13-17-25/h10-17,22,24H,4-9,18-19H2,1-3H3,(H,28,31). The number of carbonyl (C=O) groups is 2. The Morgan fingerprint density at radius 1 is 1.00 bits per heavy atom. The van der Waals surface area contributed by atoms with Crippen LogP contribution in [-0.2, 0) is 16.1 Å². The summed E-state index contributed by atoms with van der Waals surface area (Å²) < 4.78 is 5.77. The van der Waals surface area contributed by atoms with E-state index >= 15 is 0 Å². The van der Waals surface area contributed by atoms with Gasteiger partial charge in [0.25, 0.3) is 0 Å². The lowest BCUT2D eigenvalue weighted by molar-refractivity contribution is -0.141. The number of rotatable bonds is 10. The lowest BCUT2D eigenvalue weighted by atomic mass is 10.1. The Bertz CT molecular complexity index is 871. The molecule has 32 heavy (non-hydrogen) atoms. The van der Waals surface area contributed by atoms with Gasteiger partial charge >= 0.3 is 0 Å². The van der Waals surface area contributed by atoms with Crippen LogP contribution in [0.1, 0.15) is 62.1 Å². The Kier molecular flexibility index (Phi) is 8.72. The molecular weight excluding hydrogens is 400 g/mol. The SMILES string of the molecule is Cc1ccc(CN(C(=O)CCCOc2ccc(C)cc2)C(C)C(=O)NC2CCCC2)cc1. The van der Waals surface area contributed by atoms with Gasteiger partial charge in [-0.15, -0.1) is 0 Å². The van der Waals surface area contributed by atoms with E-state index in [2.05, 4.69) is 5.32 Å². The number of hydrogen-bond donors (Lipinski definition) is 1. The van der Waals surface area contributed by atoms with Crippen LogP contribution in [0.2, 0.25) is 0 Å². The van der Waals surface area contributed by atoms with E-state index < -0.39 is 6.04 Å². The molecule has 5 heteroatoms. The van der Waals surface area contributed by atoms with Gasteiger partial charge in [-0.25, -0.2) is 0 Å². The third-order valence-corrected chi connectivity index (χ3v) is 6.17. The molecule has 3 rings (SSSR count). The number of aryl methyl sites for hydroxylation is 2. The minimum absolute atomic E-state index is 0.0212. The molecule has 0 aliphatic heterocycles. The zero-order valence-electron chi connectivity index (χ0n) is 19.6. The summed E-state index contributed by atoms with van der Waals surface area (Å²) in [5.74, 6) is 0.726. The van der Waals surface area contributed by atoms with Crippen molar-refractivity contribution < 1.29 is 14.3 Å². The highest BCUT2D eigenvalue weighted by atomic mass is 16.5. The fourth-order valence-corrected chi connectivity index (χ4v) is 4.06. The van der Waals surface area contributed by atoms with Crippen LogP contribution in [0.3, 0.4) is 0 Å². The van der Waals surface area contributed by atoms with Crippen molar-refractivity contribution in [3.05, 3.63) is 65.2 Å². The minimum Gasteiger partial charge on any atom is -0.494 e. The van der Waals surface area contributed by atoms with E-state index in [1.165, 1.54) is 11.1 Å². The predicted molar refractivity (Wildman–Crippen MR) is 127 cm³/mol. The summed E-state index contributed by atoms with van der Waals surface area (Å²) in [5.41, 5.74) is 3.39. The van der Waals surface area contributed by atoms with Crippen LogP contribution >= 0.6 is 0 Å². The summed E-state index contributed by atoms with van der Waals surface area (Å²) in [4.78, 5) is 27.8. The van der Waals surface area contributed by atoms with Crippen molar-refractivity contribution in [2.45, 2.75) is 77.9 Å². The first-order chi connectivity index (χ1) is 15.4. The zero-order valence-corrected chi connectivity index (χ0v) is 19.6. The zero-order chi connectivity index (χ0) is 22.9. The van der Waals surface area contributed by atoms with Gasteiger partial charge in [-0.3, -0.25) is 9.59 Å². The number of hydrogen-bond acceptors (Lipinski definition) is 3. The molecule has 1 saturated carbocycles. The minimum atomic E-state index is -0.512. The molecule has 1 N–H and O–H groups in total. The van der Waals surface area contributed by atoms with Gasteiger partial charge in [-0.2, -0.15) is 0 Å². The summed E-state index contributed by atoms with van der Waals surface area (Å²) in [7, 11) is 0. The van der Waals surface area contributed by atoms with Crippen molar-refractivity contribution in [3.8, 4) is 5.75 Å². The summed E-state index contributed by atoms with van der Waals surface area (Å²) in [6.07, 6.45) is 5.33. The van der Waals surface area contributed by atoms with Gasteiger partial charge in [-0.1, -0.05) is 60.4 Å². The largest absolute Gasteiger partial charge is 0.494 e. The third kappa shape index (κ3) is 7.11. The molecule has 1 unspecified atom stereocenters. The first-order valence-corrected chi connectivity index (χ1v) is 11.8. The number of benzene rings is 2. The molecule has 2 amide bonds. The maximum absolute atomic E-state index is 13.1. The normalized spacial score (nSPS) is 14.7. The molecule has 1 aliphatic rings. The molecule has 172 valence electrons. The van der Waals surface area contributed by atoms with E-state index in [4.69, 9.17) is 4.74 Å². The van der Waals surface area contributed by atoms with Crippen molar-refractivity contribution in [2.75, 3.05) is 6.61 Å². The second kappa shape index (κ2) is 11.7. The van der Waals surface area contributed by atoms with Crippen molar-refractivity contribution in [2.24, 2.45) is 0 Å². The number of amides is 2. The van der Waals surface area contributed by atoms with Crippen LogP contribution < -0.4 is 10.1 Å². The van der Waals surface area contributed by atoms with Crippen LogP contribution in [0.5, 0.6) is 5.75 Å². The van der Waals surface area contributed by atoms with Crippen LogP contribution in [0.4, 0.5) is 0 Å². The summed E-state index contributed by atoms with van der Waals surface area (Å²) in [6, 6.07) is 15.8. The predicted octanol–water partition coefficient (Wildman–Crippen LogP) is 4.94. The average molecular weight is 437 g/mol. The third-order valence-electron chi connectivity index (χ3n) is 6.17. The molecule has 0 heterocycles. The fourth-order valence-electron chi connectivity index (χ4n) is 4.06. The van der Waals surface area contributed by atoms with Gasteiger partial charge in [0, 0.05) is 19.0 Å². The number of carbonyl (C=O) groups excluding carboxylic acids is 2. The highest BCUT2D eigenvalue weighted by molar-refractivity contribution is 5.87. The Morgan fingerprint density at radius 3 is 2.22 bits per heavy atom. The number of ether oxygens (including phenoxy) is 1. The van der Waals surface area contributed by atoms with E-state index in [9.17, 15) is 9.59 Å². The van der Waals surface area contributed by atoms with Gasteiger partial charge < -0.3 is 15.0 Å². The summed E-state index contributed by atoms with van der Waals surface area (Å²) in [6.45, 7) is 6.81. The lowest BCUT2D eigenvalue weighted by Crippen LogP contribution is -2.49. The average Bonchev–Trinajstić information content (AvgIpc) is 3.30. The maximum atomic E-state index is 13.1. The Morgan fingerprint density at radius 2 is 1.59 bits per heavy atom. The molecule has 1 fully saturated rings. The molecule has 5 nitrogen and oxygen atoms in total. The van der Waals surface area contributed by atoms with E-state index in [0.717, 1.165) is 37.0 Å². The van der Waals surface area contributed by atoms with Crippen molar-refractivity contribution in [3.63, 3.8) is 0 Å². The van der Waals surface area contributed by atoms with Gasteiger partial charge in [0.15, 0.2) is 0 Å². The molecule has 0 bridgehead atoms. The van der Waals surface area contributed by atoms with E-state index in [1.54, 1.807) is 4.90 Å². The van der Waals surface area contributed by atoms with E-state index in [0.29, 0.717) is 26.0 Å². The number of nitrogens with zero attached hydrogens (tertiary/aromatic N) is 1. The summed E-state index contributed by atoms with van der Waals surface area (Å²) >= 11 is 0. The first kappa shape index (κ1) is 23.8. The van der Waals surface area contributed by atoms with Crippen molar-refractivity contribution in [1.82, 2.24) is 10.2 Å². The molecule has 2 aromatic rings. The van der Waals surface area contributed by atoms with E-state index in [1.807, 2.05) is 69.3 Å². The monoisotopic (exact) mass is 436 g/mol. The quantitative estimate of drug-likeness (QED) is 0.537. The molecule has 0 spiro atoms. The molecule has 0 aromatic heterocycles. The summed E-state index contributed by atoms with van der Waals surface area (Å²) in [5, 5.41) is 3.14. The molecule has 0 radical (unpaired) electrons. The van der Waals surface area contributed by atoms with Crippen molar-refractivity contribution >= 4 is 11.8 Å². The van der Waals surface area contributed by atoms with Crippen LogP contribution in [0, 0.1) is 13.8 Å². The Hall–Kier alpha value is -2.82. The van der Waals surface area contributed by atoms with Gasteiger partial charge in [-0.05, 0) is 57.7 Å². The van der Waals surface area contributed by atoms with Crippen LogP contribution in [-0.4, -0.2) is 35.4 Å². The van der Waals surface area contributed by atoms with E-state index in [-0.39, 0.29) is 17.9 Å². The van der Waals surface area contributed by atoms with Crippen LogP contribution in [0.15, 0.2) is 48.5 Å². The van der Waals surface area contributed by atoms with Crippen LogP contribution in [0.25, 0.3) is 0 Å². The lowest BCUT2D eigenvalue weighted by Gasteiger charge is -2.30. The molecule has 1 atom stereocenters. The number of nitrogens with one attached hydrogen (secondary N) is 1. The molecule has 1 aliphatic carbocycles. The second-order valence-corrected chi connectivity index (χ2v) is 8.94. The van der Waals surface area contributed by atoms with Crippen molar-refractivity contribution in [1.29, 1.82) is 0 Å². The highest BCUT2D eigenvalue weighted by Gasteiger charge is 2.28. The Labute approximate surface area is 192 Å².